The Kier molecular flexibility index (Phi) is 4.74. The molecular weight excluding hydrogens is 246 g/mol. The summed E-state index contributed by atoms with van der Waals surface area (Å²) in [5.74, 6) is 2.01. The third-order valence-corrected chi connectivity index (χ3v) is 5.07. The maximum Gasteiger partial charge on any atom is 0.0580 e. The van der Waals surface area contributed by atoms with Crippen LogP contribution in [0.3, 0.4) is 0 Å². The lowest BCUT2D eigenvalue weighted by Crippen LogP contribution is -2.36. The molecule has 20 heavy (non-hydrogen) atoms. The van der Waals surface area contributed by atoms with Crippen molar-refractivity contribution in [2.45, 2.75) is 50.5 Å². The van der Waals surface area contributed by atoms with Crippen LogP contribution in [-0.4, -0.2) is 24.3 Å². The van der Waals surface area contributed by atoms with Crippen LogP contribution in [0.25, 0.3) is 0 Å². The van der Waals surface area contributed by atoms with Gasteiger partial charge in [0.1, 0.15) is 0 Å². The van der Waals surface area contributed by atoms with Crippen molar-refractivity contribution in [3.8, 4) is 0 Å². The van der Waals surface area contributed by atoms with Gasteiger partial charge in [-0.3, -0.25) is 0 Å². The largest absolute Gasteiger partial charge is 0.393 e. The van der Waals surface area contributed by atoms with E-state index < -0.39 is 0 Å². The molecule has 110 valence electrons. The van der Waals surface area contributed by atoms with Gasteiger partial charge in [-0.15, -0.1) is 0 Å². The molecule has 2 aliphatic rings. The summed E-state index contributed by atoms with van der Waals surface area (Å²) >= 11 is 0. The van der Waals surface area contributed by atoms with Crippen molar-refractivity contribution in [2.75, 3.05) is 13.1 Å². The normalized spacial score (nSPS) is 26.1. The van der Waals surface area contributed by atoms with Crippen LogP contribution in [-0.2, 0) is 0 Å². The molecule has 1 aromatic rings. The third-order valence-electron chi connectivity index (χ3n) is 5.07. The van der Waals surface area contributed by atoms with Crippen molar-refractivity contribution in [3.05, 3.63) is 35.9 Å². The highest BCUT2D eigenvalue weighted by Crippen LogP contribution is 2.45. The molecule has 1 saturated heterocycles. The Morgan fingerprint density at radius 1 is 1.05 bits per heavy atom. The molecular formula is C18H27NO. The van der Waals surface area contributed by atoms with Crippen LogP contribution in [0.4, 0.5) is 0 Å². The summed E-state index contributed by atoms with van der Waals surface area (Å²) in [5.41, 5.74) is 1.48. The first kappa shape index (κ1) is 14.1. The molecule has 2 nitrogen and oxygen atoms in total. The Morgan fingerprint density at radius 3 is 2.50 bits per heavy atom. The molecule has 0 bridgehead atoms. The van der Waals surface area contributed by atoms with Crippen LogP contribution in [0, 0.1) is 11.8 Å². The van der Waals surface area contributed by atoms with E-state index >= 15 is 0 Å². The minimum absolute atomic E-state index is 0.118. The van der Waals surface area contributed by atoms with Gasteiger partial charge < -0.3 is 10.4 Å². The zero-order valence-corrected chi connectivity index (χ0v) is 12.3. The van der Waals surface area contributed by atoms with Gasteiger partial charge in [-0.05, 0) is 68.4 Å². The number of piperidine rings is 1. The lowest BCUT2D eigenvalue weighted by molar-refractivity contribution is 0.0797. The summed E-state index contributed by atoms with van der Waals surface area (Å²) in [6.07, 6.45) is 7.14. The monoisotopic (exact) mass is 273 g/mol. The van der Waals surface area contributed by atoms with Crippen molar-refractivity contribution in [3.63, 3.8) is 0 Å². The summed E-state index contributed by atoms with van der Waals surface area (Å²) in [7, 11) is 0. The number of hydrogen-bond acceptors (Lipinski definition) is 2. The zero-order chi connectivity index (χ0) is 13.8. The average Bonchev–Trinajstić information content (AvgIpc) is 3.34. The first-order valence-corrected chi connectivity index (χ1v) is 8.28. The molecule has 3 rings (SSSR count). The number of aliphatic hydroxyl groups excluding tert-OH is 1. The van der Waals surface area contributed by atoms with Crippen LogP contribution in [0.1, 0.15) is 50.0 Å². The van der Waals surface area contributed by atoms with Crippen molar-refractivity contribution in [1.29, 1.82) is 0 Å². The smallest absolute Gasteiger partial charge is 0.0580 e. The Morgan fingerprint density at radius 2 is 1.85 bits per heavy atom. The van der Waals surface area contributed by atoms with Crippen molar-refractivity contribution in [1.82, 2.24) is 5.32 Å². The quantitative estimate of drug-likeness (QED) is 0.833. The third kappa shape index (κ3) is 3.62. The van der Waals surface area contributed by atoms with Crippen LogP contribution in [0.5, 0.6) is 0 Å². The maximum atomic E-state index is 10.4. The molecule has 0 spiro atoms. The minimum Gasteiger partial charge on any atom is -0.393 e. The molecule has 1 aromatic carbocycles. The highest BCUT2D eigenvalue weighted by atomic mass is 16.3. The van der Waals surface area contributed by atoms with Gasteiger partial charge >= 0.3 is 0 Å². The summed E-state index contributed by atoms with van der Waals surface area (Å²) < 4.78 is 0. The second kappa shape index (κ2) is 6.73. The fourth-order valence-electron chi connectivity index (χ4n) is 3.67. The van der Waals surface area contributed by atoms with Gasteiger partial charge in [0.05, 0.1) is 6.10 Å². The van der Waals surface area contributed by atoms with Gasteiger partial charge in [-0.1, -0.05) is 30.3 Å². The molecule has 0 aromatic heterocycles. The van der Waals surface area contributed by atoms with E-state index in [4.69, 9.17) is 0 Å². The lowest BCUT2D eigenvalue weighted by Gasteiger charge is -2.28. The molecule has 2 heteroatoms. The highest BCUT2D eigenvalue weighted by Gasteiger charge is 2.33. The van der Waals surface area contributed by atoms with Gasteiger partial charge in [-0.2, -0.15) is 0 Å². The SMILES string of the molecule is OC(CCC(c1ccccc1)C1CC1)C1CCCNC1. The average molecular weight is 273 g/mol. The predicted octanol–water partition coefficient (Wildman–Crippen LogP) is 3.32. The van der Waals surface area contributed by atoms with Crippen molar-refractivity contribution >= 4 is 0 Å². The second-order valence-corrected chi connectivity index (χ2v) is 6.61. The van der Waals surface area contributed by atoms with Crippen LogP contribution in [0.15, 0.2) is 30.3 Å². The van der Waals surface area contributed by atoms with Gasteiger partial charge in [0.2, 0.25) is 0 Å². The Balaban J connectivity index is 1.54. The van der Waals surface area contributed by atoms with E-state index in [0.717, 1.165) is 31.8 Å². The summed E-state index contributed by atoms with van der Waals surface area (Å²) in [5, 5.41) is 13.8. The number of hydrogen-bond donors (Lipinski definition) is 2. The van der Waals surface area contributed by atoms with Gasteiger partial charge in [0, 0.05) is 6.54 Å². The van der Waals surface area contributed by atoms with Crippen molar-refractivity contribution < 1.29 is 5.11 Å². The summed E-state index contributed by atoms with van der Waals surface area (Å²) in [6.45, 7) is 2.12. The van der Waals surface area contributed by atoms with E-state index in [0.29, 0.717) is 11.8 Å². The van der Waals surface area contributed by atoms with Gasteiger partial charge in [0.15, 0.2) is 0 Å². The Hall–Kier alpha value is -0.860. The molecule has 1 aliphatic carbocycles. The second-order valence-electron chi connectivity index (χ2n) is 6.61. The van der Waals surface area contributed by atoms with Gasteiger partial charge in [0.25, 0.3) is 0 Å². The van der Waals surface area contributed by atoms with E-state index in [9.17, 15) is 5.11 Å². The number of aliphatic hydroxyl groups is 1. The van der Waals surface area contributed by atoms with E-state index in [1.165, 1.54) is 31.2 Å². The Labute approximate surface area is 122 Å². The van der Waals surface area contributed by atoms with E-state index in [2.05, 4.69) is 35.6 Å². The van der Waals surface area contributed by atoms with Crippen LogP contribution in [0.2, 0.25) is 0 Å². The summed E-state index contributed by atoms with van der Waals surface area (Å²) in [6, 6.07) is 10.9. The minimum atomic E-state index is -0.118. The fraction of sp³-hybridized carbons (Fsp3) is 0.667. The molecule has 3 atom stereocenters. The van der Waals surface area contributed by atoms with E-state index in [1.54, 1.807) is 0 Å². The maximum absolute atomic E-state index is 10.4. The molecule has 0 amide bonds. The number of rotatable bonds is 6. The molecule has 1 saturated carbocycles. The first-order chi connectivity index (χ1) is 9.84. The van der Waals surface area contributed by atoms with Crippen LogP contribution < -0.4 is 5.32 Å². The highest BCUT2D eigenvalue weighted by molar-refractivity contribution is 5.21. The standard InChI is InChI=1S/C18H27NO/c20-18(16-7-4-12-19-13-16)11-10-17(15-8-9-15)14-5-2-1-3-6-14/h1-3,5-6,15-20H,4,7-13H2. The molecule has 1 aliphatic heterocycles. The number of nitrogens with one attached hydrogen (secondary N) is 1. The molecule has 2 N–H and O–H groups in total. The molecule has 2 fully saturated rings. The topological polar surface area (TPSA) is 32.3 Å². The van der Waals surface area contributed by atoms with Gasteiger partial charge in [-0.25, -0.2) is 0 Å². The van der Waals surface area contributed by atoms with Crippen LogP contribution >= 0.6 is 0 Å². The summed E-state index contributed by atoms with van der Waals surface area (Å²) in [4.78, 5) is 0. The Bertz CT molecular complexity index is 395. The first-order valence-electron chi connectivity index (χ1n) is 8.28. The number of benzene rings is 1. The van der Waals surface area contributed by atoms with E-state index in [-0.39, 0.29) is 6.10 Å². The zero-order valence-electron chi connectivity index (χ0n) is 12.3. The van der Waals surface area contributed by atoms with E-state index in [1.807, 2.05) is 0 Å². The fourth-order valence-corrected chi connectivity index (χ4v) is 3.67. The molecule has 0 radical (unpaired) electrons. The molecule has 3 unspecified atom stereocenters. The predicted molar refractivity (Wildman–Crippen MR) is 82.7 cm³/mol. The lowest BCUT2D eigenvalue weighted by atomic mass is 9.85. The molecule has 1 heterocycles. The van der Waals surface area contributed by atoms with Crippen molar-refractivity contribution in [2.24, 2.45) is 11.8 Å².